The first-order valence-corrected chi connectivity index (χ1v) is 10.7. The molecule has 5 nitrogen and oxygen atoms in total. The number of benzene rings is 2. The van der Waals surface area contributed by atoms with E-state index >= 15 is 0 Å². The van der Waals surface area contributed by atoms with Gasteiger partial charge in [-0.3, -0.25) is 9.67 Å². The Balaban J connectivity index is 1.86. The van der Waals surface area contributed by atoms with Crippen LogP contribution in [0.15, 0.2) is 60.9 Å². The van der Waals surface area contributed by atoms with Crippen LogP contribution >= 0.6 is 0 Å². The Morgan fingerprint density at radius 1 is 1.13 bits per heavy atom. The topological polar surface area (TPSA) is 66.0 Å². The number of allylic oxidation sites excluding steroid dienone is 1. The van der Waals surface area contributed by atoms with E-state index in [1.54, 1.807) is 0 Å². The fraction of sp³-hybridized carbons (Fsp3) is 0.231. The van der Waals surface area contributed by atoms with Gasteiger partial charge in [0, 0.05) is 40.5 Å². The number of aromatic nitrogens is 3. The summed E-state index contributed by atoms with van der Waals surface area (Å²) in [6.07, 6.45) is 4.62. The van der Waals surface area contributed by atoms with E-state index in [1.165, 1.54) is 5.57 Å². The van der Waals surface area contributed by atoms with Crippen LogP contribution < -0.4 is 10.5 Å². The fourth-order valence-corrected chi connectivity index (χ4v) is 4.45. The van der Waals surface area contributed by atoms with Crippen molar-refractivity contribution in [1.29, 1.82) is 0 Å². The molecule has 0 radical (unpaired) electrons. The number of nitrogens with zero attached hydrogens (tertiary/aromatic N) is 3. The van der Waals surface area contributed by atoms with Crippen molar-refractivity contribution in [2.24, 2.45) is 0 Å². The Kier molecular flexibility index (Phi) is 4.74. The van der Waals surface area contributed by atoms with Crippen molar-refractivity contribution in [2.75, 3.05) is 5.73 Å². The summed E-state index contributed by atoms with van der Waals surface area (Å²) in [5.74, 6) is 0.859. The molecule has 5 heteroatoms. The van der Waals surface area contributed by atoms with E-state index in [0.29, 0.717) is 6.61 Å². The predicted octanol–water partition coefficient (Wildman–Crippen LogP) is 5.86. The Labute approximate surface area is 182 Å². The maximum absolute atomic E-state index is 6.31. The molecule has 0 unspecified atom stereocenters. The molecular weight excluding hydrogens is 384 g/mol. The van der Waals surface area contributed by atoms with Crippen molar-refractivity contribution in [1.82, 2.24) is 14.8 Å². The highest BCUT2D eigenvalue weighted by atomic mass is 16.5. The smallest absolute Gasteiger partial charge is 0.131 e. The Hall–Kier alpha value is -3.60. The minimum atomic E-state index is 0.272. The quantitative estimate of drug-likeness (QED) is 0.430. The molecule has 1 aliphatic rings. The van der Waals surface area contributed by atoms with E-state index < -0.39 is 0 Å². The summed E-state index contributed by atoms with van der Waals surface area (Å²) < 4.78 is 8.35. The minimum absolute atomic E-state index is 0.272. The summed E-state index contributed by atoms with van der Waals surface area (Å²) in [7, 11) is 0. The lowest BCUT2D eigenvalue weighted by Gasteiger charge is -2.17. The van der Waals surface area contributed by atoms with Crippen LogP contribution in [0.3, 0.4) is 0 Å². The third-order valence-electron chi connectivity index (χ3n) is 5.87. The molecule has 4 aromatic rings. The molecule has 5 rings (SSSR count). The highest BCUT2D eigenvalue weighted by Gasteiger charge is 2.25. The first-order chi connectivity index (χ1) is 15.1. The van der Waals surface area contributed by atoms with Crippen LogP contribution in [0.2, 0.25) is 0 Å². The molecule has 2 aromatic carbocycles. The van der Waals surface area contributed by atoms with Crippen molar-refractivity contribution in [3.8, 4) is 5.75 Å². The number of ether oxygens (including phenoxy) is 1. The zero-order valence-electron chi connectivity index (χ0n) is 18.1. The van der Waals surface area contributed by atoms with Crippen LogP contribution in [0.25, 0.3) is 22.0 Å². The zero-order chi connectivity index (χ0) is 21.5. The number of rotatable bonds is 3. The van der Waals surface area contributed by atoms with Crippen LogP contribution in [0.5, 0.6) is 5.75 Å². The molecule has 0 saturated heterocycles. The number of anilines is 1. The second kappa shape index (κ2) is 7.58. The van der Waals surface area contributed by atoms with Crippen molar-refractivity contribution < 1.29 is 4.74 Å². The first kappa shape index (κ1) is 19.4. The molecule has 0 bridgehead atoms. The molecular formula is C26H26N4O. The van der Waals surface area contributed by atoms with Gasteiger partial charge in [0.2, 0.25) is 0 Å². The van der Waals surface area contributed by atoms with Gasteiger partial charge in [-0.2, -0.15) is 5.10 Å². The summed E-state index contributed by atoms with van der Waals surface area (Å²) in [5, 5.41) is 5.71. The number of hydrogen-bond acceptors (Lipinski definition) is 4. The van der Waals surface area contributed by atoms with Crippen LogP contribution in [-0.2, 0) is 6.61 Å². The molecule has 1 aliphatic heterocycles. The molecule has 0 aliphatic carbocycles. The second-order valence-electron chi connectivity index (χ2n) is 8.21. The zero-order valence-corrected chi connectivity index (χ0v) is 18.1. The maximum atomic E-state index is 6.31. The molecule has 0 spiro atoms. The van der Waals surface area contributed by atoms with Gasteiger partial charge in [-0.25, -0.2) is 0 Å². The SMILES string of the molecule is CCC(=C1c2cc3cnn(C(C)C)c3cc2OCc2ncccc21)c1cccc(N)c1. The summed E-state index contributed by atoms with van der Waals surface area (Å²) >= 11 is 0. The van der Waals surface area contributed by atoms with Gasteiger partial charge >= 0.3 is 0 Å². The minimum Gasteiger partial charge on any atom is -0.487 e. The number of fused-ring (bicyclic) bond motifs is 3. The molecule has 0 saturated carbocycles. The summed E-state index contributed by atoms with van der Waals surface area (Å²) in [4.78, 5) is 4.64. The van der Waals surface area contributed by atoms with Crippen molar-refractivity contribution in [3.05, 3.63) is 83.3 Å². The normalized spacial score (nSPS) is 14.7. The number of nitrogen functional groups attached to an aromatic ring is 1. The van der Waals surface area contributed by atoms with E-state index in [1.807, 2.05) is 41.3 Å². The van der Waals surface area contributed by atoms with Crippen LogP contribution in [0.4, 0.5) is 5.69 Å². The summed E-state index contributed by atoms with van der Waals surface area (Å²) in [5.41, 5.74) is 14.6. The number of pyridine rings is 1. The number of nitrogens with two attached hydrogens (primary N) is 1. The van der Waals surface area contributed by atoms with Crippen LogP contribution in [0.1, 0.15) is 55.6 Å². The van der Waals surface area contributed by atoms with Gasteiger partial charge in [0.05, 0.1) is 17.4 Å². The van der Waals surface area contributed by atoms with Crippen LogP contribution in [-0.4, -0.2) is 14.8 Å². The van der Waals surface area contributed by atoms with E-state index in [-0.39, 0.29) is 6.04 Å². The van der Waals surface area contributed by atoms with Crippen molar-refractivity contribution in [2.45, 2.75) is 39.8 Å². The van der Waals surface area contributed by atoms with Crippen LogP contribution in [0, 0.1) is 0 Å². The Morgan fingerprint density at radius 2 is 2.00 bits per heavy atom. The van der Waals surface area contributed by atoms with Gasteiger partial charge < -0.3 is 10.5 Å². The largest absolute Gasteiger partial charge is 0.487 e. The van der Waals surface area contributed by atoms with E-state index in [2.05, 4.69) is 55.1 Å². The molecule has 0 amide bonds. The van der Waals surface area contributed by atoms with Gasteiger partial charge in [0.1, 0.15) is 12.4 Å². The molecule has 2 N–H and O–H groups in total. The van der Waals surface area contributed by atoms with Gasteiger partial charge in [-0.05, 0) is 61.2 Å². The lowest BCUT2D eigenvalue weighted by atomic mass is 9.87. The third kappa shape index (κ3) is 3.26. The molecule has 0 atom stereocenters. The van der Waals surface area contributed by atoms with E-state index in [0.717, 1.165) is 56.7 Å². The first-order valence-electron chi connectivity index (χ1n) is 10.7. The maximum Gasteiger partial charge on any atom is 0.131 e. The highest BCUT2D eigenvalue weighted by Crippen LogP contribution is 2.43. The standard InChI is InChI=1S/C26H26N4O/c1-4-20(17-7-5-8-19(27)11-17)26-21-9-6-10-28-23(21)15-31-25-13-24-18(12-22(25)26)14-29-30(24)16(2)3/h5-14,16H,4,15,27H2,1-3H3. The lowest BCUT2D eigenvalue weighted by Crippen LogP contribution is -2.02. The average Bonchev–Trinajstić information content (AvgIpc) is 3.12. The molecule has 2 aromatic heterocycles. The summed E-state index contributed by atoms with van der Waals surface area (Å²) in [6.45, 7) is 6.89. The highest BCUT2D eigenvalue weighted by molar-refractivity contribution is 6.03. The lowest BCUT2D eigenvalue weighted by molar-refractivity contribution is 0.302. The predicted molar refractivity (Wildman–Crippen MR) is 126 cm³/mol. The van der Waals surface area contributed by atoms with Gasteiger partial charge in [0.25, 0.3) is 0 Å². The summed E-state index contributed by atoms with van der Waals surface area (Å²) in [6, 6.07) is 16.8. The Bertz CT molecular complexity index is 1320. The van der Waals surface area contributed by atoms with E-state index in [4.69, 9.17) is 10.5 Å². The second-order valence-corrected chi connectivity index (χ2v) is 8.21. The molecule has 0 fully saturated rings. The van der Waals surface area contributed by atoms with Crippen molar-refractivity contribution in [3.63, 3.8) is 0 Å². The molecule has 31 heavy (non-hydrogen) atoms. The molecule has 3 heterocycles. The third-order valence-corrected chi connectivity index (χ3v) is 5.87. The Morgan fingerprint density at radius 3 is 2.77 bits per heavy atom. The van der Waals surface area contributed by atoms with Crippen molar-refractivity contribution >= 4 is 27.7 Å². The van der Waals surface area contributed by atoms with E-state index in [9.17, 15) is 0 Å². The average molecular weight is 411 g/mol. The van der Waals surface area contributed by atoms with Gasteiger partial charge in [-0.1, -0.05) is 25.1 Å². The fourth-order valence-electron chi connectivity index (χ4n) is 4.45. The number of hydrogen-bond donors (Lipinski definition) is 1. The van der Waals surface area contributed by atoms with Gasteiger partial charge in [0.15, 0.2) is 0 Å². The van der Waals surface area contributed by atoms with Gasteiger partial charge in [-0.15, -0.1) is 0 Å². The monoisotopic (exact) mass is 410 g/mol. The molecule has 156 valence electrons.